The SMILES string of the molecule is Cc1ccc(C)c(N(CC(=O)N/N=C/c2cc(C)n(-c3ccc(Cl)cc3Cl)c2C)S(=O)(=O)c2ccccc2)c1. The fourth-order valence-corrected chi connectivity index (χ4v) is 6.29. The number of halogens is 2. The summed E-state index contributed by atoms with van der Waals surface area (Å²) < 4.78 is 30.2. The van der Waals surface area contributed by atoms with E-state index in [-0.39, 0.29) is 4.90 Å². The number of anilines is 1. The summed E-state index contributed by atoms with van der Waals surface area (Å²) in [6.07, 6.45) is 1.52. The van der Waals surface area contributed by atoms with Crippen LogP contribution in [0.2, 0.25) is 10.0 Å². The minimum atomic E-state index is -4.02. The van der Waals surface area contributed by atoms with Crippen LogP contribution in [0.3, 0.4) is 0 Å². The number of hydrogen-bond donors (Lipinski definition) is 1. The summed E-state index contributed by atoms with van der Waals surface area (Å²) >= 11 is 12.5. The number of nitrogens with one attached hydrogen (secondary N) is 1. The topological polar surface area (TPSA) is 83.8 Å². The van der Waals surface area contributed by atoms with Crippen molar-refractivity contribution in [2.24, 2.45) is 5.10 Å². The normalized spacial score (nSPS) is 11.6. The van der Waals surface area contributed by atoms with Crippen molar-refractivity contribution in [3.63, 3.8) is 0 Å². The Morgan fingerprint density at radius 1 is 0.974 bits per heavy atom. The smallest absolute Gasteiger partial charge is 0.264 e. The third-order valence-electron chi connectivity index (χ3n) is 6.27. The van der Waals surface area contributed by atoms with Crippen molar-refractivity contribution in [3.05, 3.63) is 111 Å². The molecule has 0 aliphatic carbocycles. The second-order valence-electron chi connectivity index (χ2n) is 9.17. The van der Waals surface area contributed by atoms with Gasteiger partial charge in [-0.05, 0) is 81.3 Å². The number of carbonyl (C=O) groups is 1. The molecule has 0 fully saturated rings. The number of carbonyl (C=O) groups excluding carboxylic acids is 1. The molecule has 10 heteroatoms. The van der Waals surface area contributed by atoms with E-state index in [2.05, 4.69) is 10.5 Å². The van der Waals surface area contributed by atoms with Gasteiger partial charge in [-0.3, -0.25) is 9.10 Å². The Bertz CT molecular complexity index is 1670. The van der Waals surface area contributed by atoms with Gasteiger partial charge in [-0.25, -0.2) is 13.8 Å². The zero-order chi connectivity index (χ0) is 28.3. The summed E-state index contributed by atoms with van der Waals surface area (Å²) in [6.45, 7) is 7.08. The molecule has 0 aliphatic heterocycles. The van der Waals surface area contributed by atoms with Crippen molar-refractivity contribution in [1.29, 1.82) is 0 Å². The Morgan fingerprint density at radius 2 is 1.69 bits per heavy atom. The van der Waals surface area contributed by atoms with E-state index in [1.165, 1.54) is 18.3 Å². The molecular formula is C29H28Cl2N4O3S. The van der Waals surface area contributed by atoms with Crippen molar-refractivity contribution >= 4 is 51.0 Å². The highest BCUT2D eigenvalue weighted by atomic mass is 35.5. The monoisotopic (exact) mass is 582 g/mol. The number of hydrazone groups is 1. The number of rotatable bonds is 8. The number of hydrogen-bond acceptors (Lipinski definition) is 4. The molecule has 0 aliphatic rings. The zero-order valence-corrected chi connectivity index (χ0v) is 24.3. The van der Waals surface area contributed by atoms with Crippen LogP contribution in [0.4, 0.5) is 5.69 Å². The van der Waals surface area contributed by atoms with Gasteiger partial charge in [0.1, 0.15) is 6.54 Å². The van der Waals surface area contributed by atoms with E-state index in [1.807, 2.05) is 49.6 Å². The first kappa shape index (κ1) is 28.4. The van der Waals surface area contributed by atoms with Crippen LogP contribution in [0.1, 0.15) is 28.1 Å². The lowest BCUT2D eigenvalue weighted by Gasteiger charge is -2.25. The summed E-state index contributed by atoms with van der Waals surface area (Å²) in [5.41, 5.74) is 7.82. The minimum Gasteiger partial charge on any atom is -0.316 e. The molecule has 1 heterocycles. The fraction of sp³-hybridized carbons (Fsp3) is 0.172. The Kier molecular flexibility index (Phi) is 8.49. The van der Waals surface area contributed by atoms with Crippen molar-refractivity contribution in [1.82, 2.24) is 9.99 Å². The van der Waals surface area contributed by atoms with Crippen molar-refractivity contribution in [2.75, 3.05) is 10.8 Å². The highest BCUT2D eigenvalue weighted by molar-refractivity contribution is 7.92. The molecule has 1 N–H and O–H groups in total. The van der Waals surface area contributed by atoms with Crippen LogP contribution in [0, 0.1) is 27.7 Å². The Balaban J connectivity index is 1.58. The number of aromatic nitrogens is 1. The number of nitrogens with zero attached hydrogens (tertiary/aromatic N) is 3. The molecule has 0 radical (unpaired) electrons. The molecule has 0 spiro atoms. The molecule has 0 bridgehead atoms. The lowest BCUT2D eigenvalue weighted by molar-refractivity contribution is -0.119. The third kappa shape index (κ3) is 6.19. The molecule has 39 heavy (non-hydrogen) atoms. The molecule has 4 aromatic rings. The summed E-state index contributed by atoms with van der Waals surface area (Å²) in [6, 6.07) is 20.7. The average Bonchev–Trinajstić information content (AvgIpc) is 3.17. The van der Waals surface area contributed by atoms with Gasteiger partial charge in [0.05, 0.1) is 27.5 Å². The lowest BCUT2D eigenvalue weighted by atomic mass is 10.1. The lowest BCUT2D eigenvalue weighted by Crippen LogP contribution is -2.40. The van der Waals surface area contributed by atoms with Crippen molar-refractivity contribution < 1.29 is 13.2 Å². The first-order chi connectivity index (χ1) is 18.5. The van der Waals surface area contributed by atoms with E-state index >= 15 is 0 Å². The molecule has 3 aromatic carbocycles. The van der Waals surface area contributed by atoms with Crippen LogP contribution >= 0.6 is 23.2 Å². The maximum atomic E-state index is 13.6. The predicted octanol–water partition coefficient (Wildman–Crippen LogP) is 6.36. The van der Waals surface area contributed by atoms with Gasteiger partial charge in [0.15, 0.2) is 0 Å². The Hall–Kier alpha value is -3.59. The van der Waals surface area contributed by atoms with E-state index < -0.39 is 22.5 Å². The number of aryl methyl sites for hydroxylation is 3. The van der Waals surface area contributed by atoms with Gasteiger partial charge in [-0.1, -0.05) is 53.5 Å². The molecule has 1 aromatic heterocycles. The van der Waals surface area contributed by atoms with E-state index in [0.29, 0.717) is 15.7 Å². The summed E-state index contributed by atoms with van der Waals surface area (Å²) in [4.78, 5) is 13.1. The number of benzene rings is 3. The number of amides is 1. The molecule has 0 atom stereocenters. The molecule has 0 unspecified atom stereocenters. The first-order valence-electron chi connectivity index (χ1n) is 12.1. The maximum absolute atomic E-state index is 13.6. The Labute approximate surface area is 238 Å². The predicted molar refractivity (Wildman–Crippen MR) is 158 cm³/mol. The first-order valence-corrected chi connectivity index (χ1v) is 14.3. The van der Waals surface area contributed by atoms with Gasteiger partial charge in [-0.15, -0.1) is 0 Å². The minimum absolute atomic E-state index is 0.0931. The third-order valence-corrected chi connectivity index (χ3v) is 8.58. The highest BCUT2D eigenvalue weighted by Crippen LogP contribution is 2.29. The van der Waals surface area contributed by atoms with Crippen LogP contribution < -0.4 is 9.73 Å². The van der Waals surface area contributed by atoms with Crippen LogP contribution in [-0.2, 0) is 14.8 Å². The molecule has 202 valence electrons. The summed E-state index contributed by atoms with van der Waals surface area (Å²) in [5, 5.41) is 5.16. The zero-order valence-electron chi connectivity index (χ0n) is 21.9. The van der Waals surface area contributed by atoms with Gasteiger partial charge >= 0.3 is 0 Å². The van der Waals surface area contributed by atoms with Gasteiger partial charge in [-0.2, -0.15) is 5.10 Å². The average molecular weight is 584 g/mol. The largest absolute Gasteiger partial charge is 0.316 e. The molecule has 0 saturated heterocycles. The van der Waals surface area contributed by atoms with Crippen LogP contribution in [-0.4, -0.2) is 31.7 Å². The molecule has 1 amide bonds. The Morgan fingerprint density at radius 3 is 2.38 bits per heavy atom. The van der Waals surface area contributed by atoms with Crippen LogP contribution in [0.15, 0.2) is 82.8 Å². The van der Waals surface area contributed by atoms with Gasteiger partial charge in [0, 0.05) is 22.0 Å². The van der Waals surface area contributed by atoms with Crippen molar-refractivity contribution in [3.8, 4) is 5.69 Å². The maximum Gasteiger partial charge on any atom is 0.264 e. The summed E-state index contributed by atoms with van der Waals surface area (Å²) in [7, 11) is -4.02. The van der Waals surface area contributed by atoms with Crippen LogP contribution in [0.5, 0.6) is 0 Å². The second-order valence-corrected chi connectivity index (χ2v) is 11.9. The van der Waals surface area contributed by atoms with Crippen molar-refractivity contribution in [2.45, 2.75) is 32.6 Å². The van der Waals surface area contributed by atoms with E-state index in [4.69, 9.17) is 23.2 Å². The van der Waals surface area contributed by atoms with Crippen LogP contribution in [0.25, 0.3) is 5.69 Å². The highest BCUT2D eigenvalue weighted by Gasteiger charge is 2.28. The van der Waals surface area contributed by atoms with Gasteiger partial charge in [0.25, 0.3) is 15.9 Å². The number of sulfonamides is 1. The molecule has 0 saturated carbocycles. The van der Waals surface area contributed by atoms with Gasteiger partial charge in [0.2, 0.25) is 0 Å². The second kappa shape index (κ2) is 11.7. The van der Waals surface area contributed by atoms with Gasteiger partial charge < -0.3 is 4.57 Å². The summed E-state index contributed by atoms with van der Waals surface area (Å²) in [5.74, 6) is -0.582. The molecule has 4 rings (SSSR count). The quantitative estimate of drug-likeness (QED) is 0.194. The fourth-order valence-electron chi connectivity index (χ4n) is 4.30. The molecule has 7 nitrogen and oxygen atoms in total. The van der Waals surface area contributed by atoms with E-state index in [1.54, 1.807) is 43.3 Å². The van der Waals surface area contributed by atoms with E-state index in [9.17, 15) is 13.2 Å². The molecular weight excluding hydrogens is 555 g/mol. The standard InChI is InChI=1S/C29H28Cl2N4O3S/c1-19-10-11-20(2)28(14-19)34(39(37,38)25-8-6-5-7-9-25)18-29(36)33-32-17-23-15-21(3)35(22(23)4)27-13-12-24(30)16-26(27)31/h5-17H,18H2,1-4H3,(H,33,36)/b32-17+. The van der Waals surface area contributed by atoms with E-state index in [0.717, 1.165) is 38.1 Å².